The lowest BCUT2D eigenvalue weighted by molar-refractivity contribution is -0.134. The second-order valence-corrected chi connectivity index (χ2v) is 7.17. The molecule has 0 bridgehead atoms. The molecule has 0 saturated carbocycles. The van der Waals surface area contributed by atoms with Gasteiger partial charge in [-0.25, -0.2) is 4.79 Å². The average Bonchev–Trinajstić information content (AvgIpc) is 3.21. The van der Waals surface area contributed by atoms with Crippen LogP contribution in [0.1, 0.15) is 43.6 Å². The zero-order chi connectivity index (χ0) is 19.8. The predicted octanol–water partition coefficient (Wildman–Crippen LogP) is 3.12. The van der Waals surface area contributed by atoms with Gasteiger partial charge < -0.3 is 15.1 Å². The minimum absolute atomic E-state index is 0.221. The summed E-state index contributed by atoms with van der Waals surface area (Å²) in [6, 6.07) is 8.43. The van der Waals surface area contributed by atoms with Crippen LogP contribution in [0.2, 0.25) is 0 Å². The molecule has 1 saturated heterocycles. The van der Waals surface area contributed by atoms with Crippen molar-refractivity contribution in [1.29, 1.82) is 0 Å². The van der Waals surface area contributed by atoms with Crippen molar-refractivity contribution >= 4 is 23.5 Å². The molecule has 2 heterocycles. The maximum atomic E-state index is 12.8. The first kappa shape index (κ1) is 18.7. The van der Waals surface area contributed by atoms with Crippen LogP contribution in [-0.2, 0) is 15.1 Å². The molecule has 4 amide bonds. The maximum Gasteiger partial charge on any atom is 0.325 e. The number of anilines is 1. The van der Waals surface area contributed by atoms with Crippen molar-refractivity contribution in [2.75, 3.05) is 11.9 Å². The molecular weight excluding hydrogens is 346 g/mol. The van der Waals surface area contributed by atoms with Gasteiger partial charge in [-0.2, -0.15) is 0 Å². The van der Waals surface area contributed by atoms with Gasteiger partial charge >= 0.3 is 6.03 Å². The second kappa shape index (κ2) is 6.90. The van der Waals surface area contributed by atoms with Gasteiger partial charge in [-0.1, -0.05) is 32.0 Å². The van der Waals surface area contributed by atoms with E-state index in [1.807, 2.05) is 39.0 Å². The molecule has 27 heavy (non-hydrogen) atoms. The van der Waals surface area contributed by atoms with Crippen molar-refractivity contribution in [1.82, 2.24) is 10.2 Å². The van der Waals surface area contributed by atoms with Crippen molar-refractivity contribution in [3.8, 4) is 0 Å². The zero-order valence-electron chi connectivity index (χ0n) is 15.8. The highest BCUT2D eigenvalue weighted by molar-refractivity contribution is 6.10. The van der Waals surface area contributed by atoms with Gasteiger partial charge in [-0.15, -0.1) is 0 Å². The largest absolute Gasteiger partial charge is 0.466 e. The number of carbonyl (C=O) groups is 3. The first-order chi connectivity index (χ1) is 12.7. The van der Waals surface area contributed by atoms with E-state index in [1.165, 1.54) is 6.26 Å². The first-order valence-corrected chi connectivity index (χ1v) is 8.81. The molecule has 1 fully saturated rings. The lowest BCUT2D eigenvalue weighted by Gasteiger charge is -2.20. The van der Waals surface area contributed by atoms with Gasteiger partial charge in [-0.3, -0.25) is 14.5 Å². The maximum absolute atomic E-state index is 12.8. The predicted molar refractivity (Wildman–Crippen MR) is 100 cm³/mol. The van der Waals surface area contributed by atoms with E-state index in [1.54, 1.807) is 19.1 Å². The smallest absolute Gasteiger partial charge is 0.325 e. The minimum Gasteiger partial charge on any atom is -0.466 e. The van der Waals surface area contributed by atoms with Crippen molar-refractivity contribution in [2.45, 2.75) is 39.2 Å². The number of para-hydroxylation sites is 1. The van der Waals surface area contributed by atoms with Crippen LogP contribution in [-0.4, -0.2) is 29.3 Å². The van der Waals surface area contributed by atoms with Crippen LogP contribution in [0.15, 0.2) is 41.0 Å². The van der Waals surface area contributed by atoms with Crippen LogP contribution < -0.4 is 10.6 Å². The lowest BCUT2D eigenvalue weighted by atomic mass is 9.98. The van der Waals surface area contributed by atoms with E-state index >= 15 is 0 Å². The van der Waals surface area contributed by atoms with Gasteiger partial charge in [0.25, 0.3) is 5.91 Å². The van der Waals surface area contributed by atoms with E-state index < -0.39 is 23.4 Å². The van der Waals surface area contributed by atoms with Gasteiger partial charge in [0.15, 0.2) is 5.54 Å². The highest BCUT2D eigenvalue weighted by atomic mass is 16.3. The lowest BCUT2D eigenvalue weighted by Crippen LogP contribution is -2.42. The molecule has 1 atom stereocenters. The van der Waals surface area contributed by atoms with Crippen molar-refractivity contribution in [3.05, 3.63) is 53.5 Å². The van der Waals surface area contributed by atoms with Crippen LogP contribution in [0.25, 0.3) is 0 Å². The van der Waals surface area contributed by atoms with E-state index in [9.17, 15) is 14.4 Å². The van der Waals surface area contributed by atoms with Gasteiger partial charge in [0.1, 0.15) is 12.3 Å². The molecule has 0 unspecified atom stereocenters. The number of aryl methyl sites for hydroxylation is 1. The molecule has 2 N–H and O–H groups in total. The Kier molecular flexibility index (Phi) is 4.78. The summed E-state index contributed by atoms with van der Waals surface area (Å²) in [4.78, 5) is 38.6. The minimum atomic E-state index is -1.31. The van der Waals surface area contributed by atoms with Crippen molar-refractivity contribution in [3.63, 3.8) is 0 Å². The number of benzene rings is 1. The highest BCUT2D eigenvalue weighted by Gasteiger charge is 2.51. The number of carbonyl (C=O) groups excluding carboxylic acids is 3. The van der Waals surface area contributed by atoms with Crippen LogP contribution in [0.5, 0.6) is 0 Å². The molecule has 7 nitrogen and oxygen atoms in total. The molecule has 0 aliphatic carbocycles. The number of hydrogen-bond acceptors (Lipinski definition) is 4. The summed E-state index contributed by atoms with van der Waals surface area (Å²) in [7, 11) is 0. The molecule has 1 aromatic heterocycles. The summed E-state index contributed by atoms with van der Waals surface area (Å²) < 4.78 is 5.28. The van der Waals surface area contributed by atoms with Gasteiger partial charge in [0.05, 0.1) is 6.26 Å². The standard InChI is InChI=1S/C20H23N3O4/c1-12(2)14-8-5-7-13(3)17(14)21-16(24)11-23-18(25)20(4,22-19(23)26)15-9-6-10-27-15/h5-10,12H,11H2,1-4H3,(H,21,24)(H,22,26)/t20-/m0/s1. The van der Waals surface area contributed by atoms with Gasteiger partial charge in [-0.05, 0) is 43.0 Å². The molecule has 1 aliphatic heterocycles. The topological polar surface area (TPSA) is 91.7 Å². The molecular formula is C20H23N3O4. The third-order valence-corrected chi connectivity index (χ3v) is 4.78. The van der Waals surface area contributed by atoms with E-state index in [0.717, 1.165) is 21.7 Å². The number of imide groups is 1. The van der Waals surface area contributed by atoms with Gasteiger partial charge in [0.2, 0.25) is 5.91 Å². The fourth-order valence-corrected chi connectivity index (χ4v) is 3.24. The Labute approximate surface area is 157 Å². The quantitative estimate of drug-likeness (QED) is 0.792. The van der Waals surface area contributed by atoms with Gasteiger partial charge in [0, 0.05) is 5.69 Å². The second-order valence-electron chi connectivity index (χ2n) is 7.17. The van der Waals surface area contributed by atoms with Crippen molar-refractivity contribution in [2.24, 2.45) is 0 Å². The Morgan fingerprint density at radius 2 is 2.00 bits per heavy atom. The number of rotatable bonds is 5. The summed E-state index contributed by atoms with van der Waals surface area (Å²) in [5, 5.41) is 5.46. The fourth-order valence-electron chi connectivity index (χ4n) is 3.24. The Morgan fingerprint density at radius 3 is 2.63 bits per heavy atom. The Bertz CT molecular complexity index is 889. The number of hydrogen-bond donors (Lipinski definition) is 2. The Balaban J connectivity index is 1.78. The monoisotopic (exact) mass is 369 g/mol. The molecule has 1 aromatic carbocycles. The molecule has 1 aliphatic rings. The van der Waals surface area contributed by atoms with E-state index in [0.29, 0.717) is 5.76 Å². The van der Waals surface area contributed by atoms with Crippen LogP contribution in [0, 0.1) is 6.92 Å². The Morgan fingerprint density at radius 1 is 1.26 bits per heavy atom. The molecule has 0 radical (unpaired) electrons. The summed E-state index contributed by atoms with van der Waals surface area (Å²) in [6.45, 7) is 7.17. The van der Waals surface area contributed by atoms with Crippen molar-refractivity contribution < 1.29 is 18.8 Å². The van der Waals surface area contributed by atoms with E-state index in [2.05, 4.69) is 10.6 Å². The van der Waals surface area contributed by atoms with E-state index in [4.69, 9.17) is 4.42 Å². The molecule has 0 spiro atoms. The molecule has 2 aromatic rings. The number of nitrogens with zero attached hydrogens (tertiary/aromatic N) is 1. The van der Waals surface area contributed by atoms with E-state index in [-0.39, 0.29) is 12.5 Å². The SMILES string of the molecule is Cc1cccc(C(C)C)c1NC(=O)CN1C(=O)N[C@@](C)(c2ccco2)C1=O. The normalized spacial score (nSPS) is 19.5. The van der Waals surface area contributed by atoms with Crippen LogP contribution in [0.3, 0.4) is 0 Å². The number of urea groups is 1. The third-order valence-electron chi connectivity index (χ3n) is 4.78. The summed E-state index contributed by atoms with van der Waals surface area (Å²) in [6.07, 6.45) is 1.43. The Hall–Kier alpha value is -3.09. The zero-order valence-corrected chi connectivity index (χ0v) is 15.8. The molecule has 7 heteroatoms. The number of furan rings is 1. The third kappa shape index (κ3) is 3.32. The fraction of sp³-hybridized carbons (Fsp3) is 0.350. The summed E-state index contributed by atoms with van der Waals surface area (Å²) in [5.74, 6) is -0.409. The summed E-state index contributed by atoms with van der Waals surface area (Å²) in [5.41, 5.74) is 1.33. The first-order valence-electron chi connectivity index (χ1n) is 8.81. The highest BCUT2D eigenvalue weighted by Crippen LogP contribution is 2.30. The van der Waals surface area contributed by atoms with Crippen LogP contribution in [0.4, 0.5) is 10.5 Å². The average molecular weight is 369 g/mol. The molecule has 142 valence electrons. The summed E-state index contributed by atoms with van der Waals surface area (Å²) >= 11 is 0. The number of amides is 4. The molecule has 3 rings (SSSR count). The van der Waals surface area contributed by atoms with Crippen LogP contribution >= 0.6 is 0 Å². The number of nitrogens with one attached hydrogen (secondary N) is 2.